The van der Waals surface area contributed by atoms with Gasteiger partial charge in [-0.05, 0) is 62.6 Å². The summed E-state index contributed by atoms with van der Waals surface area (Å²) in [7, 11) is 1.87. The molecule has 0 radical (unpaired) electrons. The lowest BCUT2D eigenvalue weighted by Gasteiger charge is -2.23. The van der Waals surface area contributed by atoms with Gasteiger partial charge in [0.15, 0.2) is 11.6 Å². The molecule has 0 spiro atoms. The second-order valence-corrected chi connectivity index (χ2v) is 9.60. The van der Waals surface area contributed by atoms with Gasteiger partial charge in [0.05, 0.1) is 5.56 Å². The maximum atomic E-state index is 13.1. The Morgan fingerprint density at radius 3 is 2.60 bits per heavy atom. The summed E-state index contributed by atoms with van der Waals surface area (Å²) in [4.78, 5) is 23.5. The van der Waals surface area contributed by atoms with E-state index in [1.54, 1.807) is 16.8 Å². The zero-order valence-corrected chi connectivity index (χ0v) is 22.3. The van der Waals surface area contributed by atoms with Crippen LogP contribution in [0.4, 0.5) is 42.0 Å². The highest BCUT2D eigenvalue weighted by Crippen LogP contribution is 2.34. The van der Waals surface area contributed by atoms with Crippen LogP contribution in [0, 0.1) is 6.92 Å². The number of nitrogens with one attached hydrogen (secondary N) is 3. The fraction of sp³-hybridized carbons (Fsp3) is 0.286. The molecule has 1 saturated carbocycles. The number of anilines is 5. The number of hydrogen-bond donors (Lipinski definition) is 3. The molecule has 0 bridgehead atoms. The minimum absolute atomic E-state index is 0.0852. The third-order valence-electron chi connectivity index (χ3n) is 6.47. The van der Waals surface area contributed by atoms with Crippen molar-refractivity contribution < 1.29 is 18.0 Å². The molecule has 0 aliphatic heterocycles. The quantitative estimate of drug-likeness (QED) is 0.235. The molecule has 3 N–H and O–H groups in total. The van der Waals surface area contributed by atoms with Gasteiger partial charge in [0, 0.05) is 48.7 Å². The van der Waals surface area contributed by atoms with E-state index in [1.165, 1.54) is 18.5 Å². The Labute approximate surface area is 229 Å². The van der Waals surface area contributed by atoms with Crippen molar-refractivity contribution >= 4 is 34.7 Å². The first-order valence-corrected chi connectivity index (χ1v) is 12.9. The van der Waals surface area contributed by atoms with Crippen LogP contribution in [0.5, 0.6) is 0 Å². The smallest absolute Gasteiger partial charge is 0.369 e. The molecular weight excluding hydrogens is 521 g/mol. The van der Waals surface area contributed by atoms with Crippen LogP contribution < -0.4 is 20.9 Å². The molecule has 208 valence electrons. The van der Waals surface area contributed by atoms with Crippen LogP contribution in [0.3, 0.4) is 0 Å². The van der Waals surface area contributed by atoms with Gasteiger partial charge in [-0.1, -0.05) is 12.1 Å². The van der Waals surface area contributed by atoms with Gasteiger partial charge < -0.3 is 20.9 Å². The molecule has 12 heteroatoms. The predicted molar refractivity (Wildman–Crippen MR) is 149 cm³/mol. The maximum absolute atomic E-state index is 13.1. The van der Waals surface area contributed by atoms with Crippen molar-refractivity contribution in [3.63, 3.8) is 0 Å². The highest BCUT2D eigenvalue weighted by atomic mass is 19.4. The number of aromatic nitrogens is 4. The van der Waals surface area contributed by atoms with Gasteiger partial charge >= 0.3 is 6.18 Å². The summed E-state index contributed by atoms with van der Waals surface area (Å²) >= 11 is 0. The average molecular weight is 551 g/mol. The Hall–Kier alpha value is -4.61. The van der Waals surface area contributed by atoms with Gasteiger partial charge in [-0.3, -0.25) is 4.79 Å². The molecule has 40 heavy (non-hydrogen) atoms. The molecule has 1 aliphatic rings. The summed E-state index contributed by atoms with van der Waals surface area (Å²) in [6.45, 7) is 4.58. The number of rotatable bonds is 9. The van der Waals surface area contributed by atoms with Crippen LogP contribution in [0.25, 0.3) is 5.82 Å². The second-order valence-electron chi connectivity index (χ2n) is 9.60. The van der Waals surface area contributed by atoms with E-state index < -0.39 is 17.6 Å². The Morgan fingerprint density at radius 1 is 1.07 bits per heavy atom. The van der Waals surface area contributed by atoms with Crippen molar-refractivity contribution in [2.45, 2.75) is 38.9 Å². The number of halogens is 3. The Balaban J connectivity index is 1.44. The summed E-state index contributed by atoms with van der Waals surface area (Å²) in [5.74, 6) is 2.02. The zero-order valence-electron chi connectivity index (χ0n) is 22.3. The van der Waals surface area contributed by atoms with E-state index in [-0.39, 0.29) is 5.56 Å². The molecule has 1 amide bonds. The molecule has 1 aliphatic carbocycles. The van der Waals surface area contributed by atoms with Crippen LogP contribution in [-0.4, -0.2) is 45.3 Å². The molecule has 0 unspecified atom stereocenters. The highest BCUT2D eigenvalue weighted by Gasteiger charge is 2.31. The first kappa shape index (κ1) is 27.0. The molecule has 4 aromatic rings. The van der Waals surface area contributed by atoms with Gasteiger partial charge in [0.1, 0.15) is 18.0 Å². The number of benzene rings is 2. The zero-order chi connectivity index (χ0) is 28.4. The van der Waals surface area contributed by atoms with E-state index in [4.69, 9.17) is 5.10 Å². The number of hydrogen-bond acceptors (Lipinski definition) is 7. The lowest BCUT2D eigenvalue weighted by molar-refractivity contribution is -0.137. The fourth-order valence-corrected chi connectivity index (χ4v) is 4.24. The molecule has 2 aromatic heterocycles. The molecular formula is C28H29F3N8O. The minimum Gasteiger partial charge on any atom is -0.369 e. The summed E-state index contributed by atoms with van der Waals surface area (Å²) in [6, 6.07) is 13.8. The van der Waals surface area contributed by atoms with Crippen LogP contribution in [0.1, 0.15) is 41.3 Å². The van der Waals surface area contributed by atoms with E-state index in [9.17, 15) is 18.0 Å². The van der Waals surface area contributed by atoms with Crippen molar-refractivity contribution in [1.29, 1.82) is 0 Å². The van der Waals surface area contributed by atoms with E-state index in [0.29, 0.717) is 35.7 Å². The first-order valence-electron chi connectivity index (χ1n) is 12.9. The monoisotopic (exact) mass is 550 g/mol. The third kappa shape index (κ3) is 6.00. The molecule has 1 fully saturated rings. The highest BCUT2D eigenvalue weighted by molar-refractivity contribution is 6.04. The largest absolute Gasteiger partial charge is 0.416 e. The SMILES string of the molecule is CCNc1cc(N(C)c2cc(NC(=O)c3cccc(C(F)(F)F)c3)ccc2C)n(-c2cc(NC3CC3)ncn2)n1. The number of carbonyl (C=O) groups excluding carboxylic acids is 1. The summed E-state index contributed by atoms with van der Waals surface area (Å²) in [5.41, 5.74) is 1.14. The Kier molecular flexibility index (Phi) is 7.33. The number of aryl methyl sites for hydroxylation is 1. The normalized spacial score (nSPS) is 13.2. The topological polar surface area (TPSA) is 100 Å². The van der Waals surface area contributed by atoms with Crippen molar-refractivity contribution in [3.8, 4) is 5.82 Å². The van der Waals surface area contributed by atoms with Crippen LogP contribution in [0.15, 0.2) is 60.9 Å². The van der Waals surface area contributed by atoms with Gasteiger partial charge in [-0.15, -0.1) is 5.10 Å². The van der Waals surface area contributed by atoms with E-state index in [0.717, 1.165) is 42.0 Å². The average Bonchev–Trinajstić information content (AvgIpc) is 3.64. The van der Waals surface area contributed by atoms with Crippen molar-refractivity contribution in [1.82, 2.24) is 19.7 Å². The summed E-state index contributed by atoms with van der Waals surface area (Å²) in [5, 5.41) is 14.0. The molecule has 9 nitrogen and oxygen atoms in total. The van der Waals surface area contributed by atoms with E-state index in [1.807, 2.05) is 44.0 Å². The third-order valence-corrected chi connectivity index (χ3v) is 6.47. The van der Waals surface area contributed by atoms with Crippen LogP contribution >= 0.6 is 0 Å². The Bertz CT molecular complexity index is 1530. The van der Waals surface area contributed by atoms with E-state index >= 15 is 0 Å². The summed E-state index contributed by atoms with van der Waals surface area (Å²) in [6.07, 6.45) is -0.824. The van der Waals surface area contributed by atoms with Gasteiger partial charge in [0.25, 0.3) is 5.91 Å². The lowest BCUT2D eigenvalue weighted by Crippen LogP contribution is -2.18. The van der Waals surface area contributed by atoms with Gasteiger partial charge in [0.2, 0.25) is 0 Å². The first-order chi connectivity index (χ1) is 19.1. The molecule has 0 saturated heterocycles. The number of alkyl halides is 3. The molecule has 2 aromatic carbocycles. The molecule has 0 atom stereocenters. The lowest BCUT2D eigenvalue weighted by atomic mass is 10.1. The number of carbonyl (C=O) groups is 1. The van der Waals surface area contributed by atoms with Crippen molar-refractivity contribution in [2.24, 2.45) is 0 Å². The Morgan fingerprint density at radius 2 is 1.88 bits per heavy atom. The minimum atomic E-state index is -4.54. The fourth-order valence-electron chi connectivity index (χ4n) is 4.24. The molecule has 2 heterocycles. The predicted octanol–water partition coefficient (Wildman–Crippen LogP) is 6.02. The van der Waals surface area contributed by atoms with Gasteiger partial charge in [-0.25, -0.2) is 9.97 Å². The standard InChI is InChI=1S/C28H29F3N8O/c1-4-32-24-15-26(39(37-24)25-14-23(33-16-34-25)35-20-10-11-20)38(3)22-13-21(9-8-17(22)2)36-27(40)18-6-5-7-19(12-18)28(29,30)31/h5-9,12-16,20H,4,10-11H2,1-3H3,(H,32,37)(H,36,40)(H,33,34,35). The van der Waals surface area contributed by atoms with Crippen molar-refractivity contribution in [2.75, 3.05) is 34.4 Å². The number of nitrogens with zero attached hydrogens (tertiary/aromatic N) is 5. The van der Waals surface area contributed by atoms with E-state index in [2.05, 4.69) is 25.9 Å². The van der Waals surface area contributed by atoms with Crippen LogP contribution in [-0.2, 0) is 6.18 Å². The van der Waals surface area contributed by atoms with Crippen molar-refractivity contribution in [3.05, 3.63) is 77.6 Å². The molecule has 5 rings (SSSR count). The van der Waals surface area contributed by atoms with Crippen LogP contribution in [0.2, 0.25) is 0 Å². The second kappa shape index (κ2) is 10.9. The maximum Gasteiger partial charge on any atom is 0.416 e. The summed E-state index contributed by atoms with van der Waals surface area (Å²) < 4.78 is 41.1. The number of amides is 1. The van der Waals surface area contributed by atoms with Gasteiger partial charge in [-0.2, -0.15) is 17.9 Å².